The van der Waals surface area contributed by atoms with E-state index >= 15 is 0 Å². The molecule has 0 saturated heterocycles. The van der Waals surface area contributed by atoms with Crippen molar-refractivity contribution in [3.8, 4) is 0 Å². The van der Waals surface area contributed by atoms with Gasteiger partial charge in [0.1, 0.15) is 38.4 Å². The molecule has 0 aliphatic rings. The summed E-state index contributed by atoms with van der Waals surface area (Å²) in [4.78, 5) is 0. The van der Waals surface area contributed by atoms with E-state index in [1.807, 2.05) is 52.0 Å². The van der Waals surface area contributed by atoms with Crippen LogP contribution in [-0.4, -0.2) is 108 Å². The van der Waals surface area contributed by atoms with Gasteiger partial charge in [-0.15, -0.1) is 0 Å². The van der Waals surface area contributed by atoms with Crippen LogP contribution in [0.25, 0.3) is 0 Å². The third-order valence-corrected chi connectivity index (χ3v) is 16.6. The smallest absolute Gasteiger partial charge is 0.110 e. The van der Waals surface area contributed by atoms with Gasteiger partial charge in [-0.1, -0.05) is 102 Å². The van der Waals surface area contributed by atoms with Gasteiger partial charge >= 0.3 is 0 Å². The molecule has 0 aliphatic heterocycles. The van der Waals surface area contributed by atoms with Crippen molar-refractivity contribution in [2.75, 3.05) is 76.2 Å². The van der Waals surface area contributed by atoms with Crippen LogP contribution in [0.4, 0.5) is 0 Å². The first kappa shape index (κ1) is 40.4. The monoisotopic (exact) mass is 674 g/mol. The molecule has 258 valence electrons. The number of quaternary nitrogens is 2. The normalized spacial score (nSPS) is 16.2. The zero-order valence-corrected chi connectivity index (χ0v) is 31.1. The summed E-state index contributed by atoms with van der Waals surface area (Å²) in [7, 11) is -4.79. The van der Waals surface area contributed by atoms with Crippen molar-refractivity contribution in [1.29, 1.82) is 0 Å². The number of nitrogens with zero attached hydrogens (tertiary/aromatic N) is 2. The van der Waals surface area contributed by atoms with Crippen molar-refractivity contribution in [1.82, 2.24) is 0 Å². The minimum Gasteiger partial charge on any atom is -0.387 e. The number of hydrogen-bond donors (Lipinski definition) is 2. The number of rotatable bonds is 25. The van der Waals surface area contributed by atoms with Crippen molar-refractivity contribution in [2.24, 2.45) is 0 Å². The molecular formula is C38H64N2O4P2+2. The Hall–Kier alpha value is -1.78. The first-order chi connectivity index (χ1) is 21.9. The third kappa shape index (κ3) is 13.4. The van der Waals surface area contributed by atoms with E-state index in [4.69, 9.17) is 0 Å². The molecule has 0 aromatic heterocycles. The molecule has 0 fully saturated rings. The summed E-state index contributed by atoms with van der Waals surface area (Å²) >= 11 is 0. The van der Waals surface area contributed by atoms with Crippen molar-refractivity contribution in [3.63, 3.8) is 0 Å². The van der Waals surface area contributed by atoms with Crippen LogP contribution in [0.2, 0.25) is 0 Å². The molecule has 0 spiro atoms. The third-order valence-electron chi connectivity index (χ3n) is 9.86. The number of benzene rings is 2. The molecule has 0 saturated carbocycles. The van der Waals surface area contributed by atoms with Gasteiger partial charge in [0.2, 0.25) is 0 Å². The van der Waals surface area contributed by atoms with Gasteiger partial charge in [-0.05, 0) is 36.8 Å². The molecule has 0 aliphatic carbocycles. The molecule has 0 radical (unpaired) electrons. The van der Waals surface area contributed by atoms with E-state index in [0.717, 1.165) is 39.0 Å². The molecular weight excluding hydrogens is 610 g/mol. The van der Waals surface area contributed by atoms with Crippen molar-refractivity contribution in [3.05, 3.63) is 97.1 Å². The minimum atomic E-state index is -2.39. The van der Waals surface area contributed by atoms with E-state index in [0.29, 0.717) is 72.1 Å². The van der Waals surface area contributed by atoms with Gasteiger partial charge < -0.3 is 28.3 Å². The summed E-state index contributed by atoms with van der Waals surface area (Å²) in [5.74, 6) is 0. The Balaban J connectivity index is 2.33. The second kappa shape index (κ2) is 19.9. The van der Waals surface area contributed by atoms with Gasteiger partial charge in [0, 0.05) is 36.3 Å². The van der Waals surface area contributed by atoms with Crippen LogP contribution in [0, 0.1) is 0 Å². The fourth-order valence-electron chi connectivity index (χ4n) is 7.06. The largest absolute Gasteiger partial charge is 0.387 e. The Morgan fingerprint density at radius 3 is 1.24 bits per heavy atom. The SMILES string of the molecule is C=CC[N+](CCCC[N+](CC=C)(Cc1ccccc1)CC(O)CP(=O)(CC)CC)(Cc1ccccc1)CC(O)CP(=O)(CC)CC. The Morgan fingerprint density at radius 1 is 0.630 bits per heavy atom. The highest BCUT2D eigenvalue weighted by Crippen LogP contribution is 2.46. The van der Waals surface area contributed by atoms with E-state index in [2.05, 4.69) is 61.7 Å². The van der Waals surface area contributed by atoms with Crippen molar-refractivity contribution >= 4 is 14.3 Å². The Kier molecular flexibility index (Phi) is 17.5. The molecule has 2 aromatic rings. The van der Waals surface area contributed by atoms with Crippen LogP contribution >= 0.6 is 14.3 Å². The standard InChI is InChI=1S/C38H64N2O4P2/c1-7-25-39(29-35-21-15-13-16-22-35,31-37(41)33-45(43,9-3)10-4)27-19-20-28-40(26-8-2,30-36-23-17-14-18-24-36)32-38(42)34-46(44,11-5)12-6/h7-8,13-18,21-24,37-38,41-42H,1-2,9-12,19-20,25-34H2,3-6H3/q+2. The van der Waals surface area contributed by atoms with Gasteiger partial charge in [-0.3, -0.25) is 0 Å². The molecule has 0 amide bonds. The predicted octanol–water partition coefficient (Wildman–Crippen LogP) is 7.70. The average molecular weight is 675 g/mol. The van der Waals surface area contributed by atoms with Crippen molar-refractivity contribution < 1.29 is 28.3 Å². The molecule has 4 atom stereocenters. The topological polar surface area (TPSA) is 74.6 Å². The summed E-state index contributed by atoms with van der Waals surface area (Å²) in [6.07, 6.45) is 7.65. The maximum Gasteiger partial charge on any atom is 0.110 e. The van der Waals surface area contributed by atoms with E-state index in [1.165, 1.54) is 11.1 Å². The van der Waals surface area contributed by atoms with E-state index in [1.54, 1.807) is 0 Å². The second-order valence-corrected chi connectivity index (χ2v) is 21.0. The summed E-state index contributed by atoms with van der Waals surface area (Å²) in [6.45, 7) is 21.8. The predicted molar refractivity (Wildman–Crippen MR) is 199 cm³/mol. The Bertz CT molecular complexity index is 1140. The van der Waals surface area contributed by atoms with Gasteiger partial charge in [0.05, 0.1) is 40.5 Å². The summed E-state index contributed by atoms with van der Waals surface area (Å²) in [5.41, 5.74) is 2.43. The lowest BCUT2D eigenvalue weighted by molar-refractivity contribution is -0.944. The maximum atomic E-state index is 13.3. The highest BCUT2D eigenvalue weighted by Gasteiger charge is 2.35. The number of hydrogen-bond acceptors (Lipinski definition) is 4. The first-order valence-corrected chi connectivity index (χ1v) is 22.0. The zero-order chi connectivity index (χ0) is 34.1. The van der Waals surface area contributed by atoms with Crippen LogP contribution in [-0.2, 0) is 22.2 Å². The fourth-order valence-corrected chi connectivity index (χ4v) is 10.7. The molecule has 2 N–H and O–H groups in total. The number of aliphatic hydroxyl groups is 2. The quantitative estimate of drug-likeness (QED) is 0.0490. The molecule has 2 rings (SSSR count). The lowest BCUT2D eigenvalue weighted by atomic mass is 10.1. The lowest BCUT2D eigenvalue weighted by Gasteiger charge is -2.42. The molecule has 4 unspecified atom stereocenters. The summed E-state index contributed by atoms with van der Waals surface area (Å²) in [6, 6.07) is 20.9. The fraction of sp³-hybridized carbons (Fsp3) is 0.579. The minimum absolute atomic E-state index is 0.361. The van der Waals surface area contributed by atoms with E-state index in [-0.39, 0.29) is 0 Å². The highest BCUT2D eigenvalue weighted by atomic mass is 31.2. The van der Waals surface area contributed by atoms with E-state index in [9.17, 15) is 19.3 Å². The highest BCUT2D eigenvalue weighted by molar-refractivity contribution is 7.64. The average Bonchev–Trinajstić information content (AvgIpc) is 3.04. The van der Waals surface area contributed by atoms with Gasteiger partial charge in [0.25, 0.3) is 0 Å². The summed E-state index contributed by atoms with van der Waals surface area (Å²) < 4.78 is 28.0. The Morgan fingerprint density at radius 2 is 0.957 bits per heavy atom. The number of unbranched alkanes of at least 4 members (excludes halogenated alkanes) is 1. The molecule has 8 heteroatoms. The maximum absolute atomic E-state index is 13.3. The molecule has 46 heavy (non-hydrogen) atoms. The van der Waals surface area contributed by atoms with Gasteiger partial charge in [-0.2, -0.15) is 0 Å². The number of aliphatic hydroxyl groups excluding tert-OH is 2. The van der Waals surface area contributed by atoms with Crippen LogP contribution in [0.5, 0.6) is 0 Å². The Labute approximate surface area is 281 Å². The molecule has 0 bridgehead atoms. The second-order valence-electron chi connectivity index (χ2n) is 13.5. The molecule has 6 nitrogen and oxygen atoms in total. The molecule has 2 aromatic carbocycles. The van der Waals surface area contributed by atoms with Gasteiger partial charge in [-0.25, -0.2) is 0 Å². The van der Waals surface area contributed by atoms with E-state index < -0.39 is 26.5 Å². The van der Waals surface area contributed by atoms with Crippen LogP contribution < -0.4 is 0 Å². The summed E-state index contributed by atoms with van der Waals surface area (Å²) in [5, 5.41) is 22.7. The van der Waals surface area contributed by atoms with Crippen LogP contribution in [0.1, 0.15) is 51.7 Å². The van der Waals surface area contributed by atoms with Crippen LogP contribution in [0.3, 0.4) is 0 Å². The zero-order valence-electron chi connectivity index (χ0n) is 29.3. The van der Waals surface area contributed by atoms with Gasteiger partial charge in [0.15, 0.2) is 0 Å². The van der Waals surface area contributed by atoms with Crippen LogP contribution in [0.15, 0.2) is 86.0 Å². The first-order valence-electron chi connectivity index (χ1n) is 17.4. The lowest BCUT2D eigenvalue weighted by Crippen LogP contribution is -2.54. The molecule has 0 heterocycles. The van der Waals surface area contributed by atoms with Crippen molar-refractivity contribution in [2.45, 2.75) is 65.8 Å².